The van der Waals surface area contributed by atoms with E-state index in [0.717, 1.165) is 11.3 Å². The second kappa shape index (κ2) is 8.47. The van der Waals surface area contributed by atoms with E-state index in [9.17, 15) is 18.0 Å². The minimum atomic E-state index is -3.08. The van der Waals surface area contributed by atoms with Crippen molar-refractivity contribution in [3.63, 3.8) is 0 Å². The van der Waals surface area contributed by atoms with Gasteiger partial charge in [0.2, 0.25) is 5.91 Å². The Morgan fingerprint density at radius 3 is 2.61 bits per heavy atom. The average Bonchev–Trinajstić information content (AvgIpc) is 3.12. The lowest BCUT2D eigenvalue weighted by Gasteiger charge is -2.23. The average molecular weight is 458 g/mol. The van der Waals surface area contributed by atoms with Gasteiger partial charge in [-0.3, -0.25) is 14.2 Å². The molecule has 0 bridgehead atoms. The van der Waals surface area contributed by atoms with Crippen LogP contribution in [0.1, 0.15) is 12.0 Å². The van der Waals surface area contributed by atoms with E-state index < -0.39 is 9.84 Å². The quantitative estimate of drug-likeness (QED) is 0.432. The fourth-order valence-corrected chi connectivity index (χ4v) is 6.45. The van der Waals surface area contributed by atoms with Crippen molar-refractivity contribution in [2.24, 2.45) is 0 Å². The van der Waals surface area contributed by atoms with E-state index in [1.165, 1.54) is 16.7 Å². The Morgan fingerprint density at radius 2 is 1.90 bits per heavy atom. The van der Waals surface area contributed by atoms with Gasteiger partial charge in [0.1, 0.15) is 0 Å². The van der Waals surface area contributed by atoms with Crippen molar-refractivity contribution < 1.29 is 13.2 Å². The topological polar surface area (TPSA) is 89.3 Å². The van der Waals surface area contributed by atoms with Gasteiger partial charge in [-0.05, 0) is 37.1 Å². The van der Waals surface area contributed by atoms with Crippen LogP contribution in [0.5, 0.6) is 0 Å². The third-order valence-electron chi connectivity index (χ3n) is 5.58. The maximum absolute atomic E-state index is 13.3. The van der Waals surface area contributed by atoms with E-state index in [1.54, 1.807) is 29.8 Å². The van der Waals surface area contributed by atoms with Gasteiger partial charge in [0.15, 0.2) is 15.0 Å². The number of hydrogen-bond acceptors (Lipinski definition) is 6. The molecule has 0 radical (unpaired) electrons. The van der Waals surface area contributed by atoms with Gasteiger partial charge in [0.05, 0.1) is 33.8 Å². The summed E-state index contributed by atoms with van der Waals surface area (Å²) in [7, 11) is -1.44. The van der Waals surface area contributed by atoms with E-state index in [-0.39, 0.29) is 34.8 Å². The molecule has 2 aromatic carbocycles. The summed E-state index contributed by atoms with van der Waals surface area (Å²) in [6, 6.07) is 14.4. The molecular weight excluding hydrogens is 434 g/mol. The number of aryl methyl sites for hydroxylation is 1. The van der Waals surface area contributed by atoms with Crippen LogP contribution in [0.15, 0.2) is 58.5 Å². The zero-order chi connectivity index (χ0) is 22.2. The summed E-state index contributed by atoms with van der Waals surface area (Å²) in [5.41, 5.74) is 2.02. The predicted molar refractivity (Wildman–Crippen MR) is 123 cm³/mol. The molecule has 1 aromatic heterocycles. The molecule has 3 aromatic rings. The SMILES string of the molecule is Cc1ccccc1-n1c(SCC(=O)N(C)[C@H]2CCS(=O)(=O)C2)nc2ccccc2c1=O. The summed E-state index contributed by atoms with van der Waals surface area (Å²) >= 11 is 1.19. The van der Waals surface area contributed by atoms with Crippen LogP contribution in [0.2, 0.25) is 0 Å². The van der Waals surface area contributed by atoms with Crippen LogP contribution in [-0.2, 0) is 14.6 Å². The first-order valence-corrected chi connectivity index (χ1v) is 12.7. The maximum atomic E-state index is 13.3. The Balaban J connectivity index is 1.67. The highest BCUT2D eigenvalue weighted by Gasteiger charge is 2.32. The summed E-state index contributed by atoms with van der Waals surface area (Å²) in [6.07, 6.45) is 0.456. The summed E-state index contributed by atoms with van der Waals surface area (Å²) in [5, 5.41) is 0.938. The number of rotatable bonds is 5. The number of thioether (sulfide) groups is 1. The molecule has 4 rings (SSSR count). The number of carbonyl (C=O) groups is 1. The van der Waals surface area contributed by atoms with E-state index in [4.69, 9.17) is 0 Å². The molecule has 0 saturated carbocycles. The van der Waals surface area contributed by atoms with Crippen molar-refractivity contribution in [2.75, 3.05) is 24.3 Å². The predicted octanol–water partition coefficient (Wildman–Crippen LogP) is 2.43. The Hall–Kier alpha value is -2.65. The van der Waals surface area contributed by atoms with Gasteiger partial charge < -0.3 is 4.90 Å². The molecule has 9 heteroatoms. The number of hydrogen-bond donors (Lipinski definition) is 0. The number of benzene rings is 2. The monoisotopic (exact) mass is 457 g/mol. The largest absolute Gasteiger partial charge is 0.341 e. The highest BCUT2D eigenvalue weighted by atomic mass is 32.2. The number of carbonyl (C=O) groups excluding carboxylic acids is 1. The van der Waals surface area contributed by atoms with Crippen LogP contribution >= 0.6 is 11.8 Å². The lowest BCUT2D eigenvalue weighted by molar-refractivity contribution is -0.128. The van der Waals surface area contributed by atoms with Crippen molar-refractivity contribution >= 4 is 38.4 Å². The molecule has 0 spiro atoms. The maximum Gasteiger partial charge on any atom is 0.266 e. The van der Waals surface area contributed by atoms with Crippen molar-refractivity contribution in [3.05, 3.63) is 64.4 Å². The molecule has 1 aliphatic heterocycles. The molecular formula is C22H23N3O4S2. The van der Waals surface area contributed by atoms with E-state index >= 15 is 0 Å². The number of nitrogens with zero attached hydrogens (tertiary/aromatic N) is 3. The van der Waals surface area contributed by atoms with Gasteiger partial charge >= 0.3 is 0 Å². The minimum absolute atomic E-state index is 0.00203. The van der Waals surface area contributed by atoms with Crippen LogP contribution in [0, 0.1) is 6.92 Å². The second-order valence-electron chi connectivity index (χ2n) is 7.69. The normalized spacial score (nSPS) is 17.7. The van der Waals surface area contributed by atoms with E-state index in [0.29, 0.717) is 22.5 Å². The number of fused-ring (bicyclic) bond motifs is 1. The molecule has 1 atom stereocenters. The molecule has 1 aliphatic rings. The summed E-state index contributed by atoms with van der Waals surface area (Å²) in [4.78, 5) is 32.3. The van der Waals surface area contributed by atoms with Crippen molar-refractivity contribution in [1.29, 1.82) is 0 Å². The van der Waals surface area contributed by atoms with Crippen LogP contribution in [0.4, 0.5) is 0 Å². The second-order valence-corrected chi connectivity index (χ2v) is 10.9. The Bertz CT molecular complexity index is 1320. The molecule has 0 aliphatic carbocycles. The van der Waals surface area contributed by atoms with Crippen LogP contribution in [0.3, 0.4) is 0 Å². The highest BCUT2D eigenvalue weighted by Crippen LogP contribution is 2.24. The summed E-state index contributed by atoms with van der Waals surface area (Å²) < 4.78 is 25.1. The first-order valence-electron chi connectivity index (χ1n) is 9.93. The molecule has 162 valence electrons. The van der Waals surface area contributed by atoms with Crippen LogP contribution in [-0.4, -0.2) is 59.1 Å². The molecule has 31 heavy (non-hydrogen) atoms. The van der Waals surface area contributed by atoms with Gasteiger partial charge in [0.25, 0.3) is 5.56 Å². The third kappa shape index (κ3) is 4.38. The first-order chi connectivity index (χ1) is 14.8. The molecule has 1 amide bonds. The van der Waals surface area contributed by atoms with E-state index in [2.05, 4.69) is 4.98 Å². The Morgan fingerprint density at radius 1 is 1.19 bits per heavy atom. The number of amides is 1. The molecule has 2 heterocycles. The lowest BCUT2D eigenvalue weighted by atomic mass is 10.2. The molecule has 0 unspecified atom stereocenters. The van der Waals surface area contributed by atoms with Gasteiger partial charge in [-0.25, -0.2) is 13.4 Å². The molecule has 0 N–H and O–H groups in total. The highest BCUT2D eigenvalue weighted by molar-refractivity contribution is 7.99. The number of sulfone groups is 1. The lowest BCUT2D eigenvalue weighted by Crippen LogP contribution is -2.39. The summed E-state index contributed by atoms with van der Waals surface area (Å²) in [6.45, 7) is 1.92. The Labute approximate surface area is 185 Å². The van der Waals surface area contributed by atoms with Crippen LogP contribution < -0.4 is 5.56 Å². The fourth-order valence-electron chi connectivity index (χ4n) is 3.75. The molecule has 7 nitrogen and oxygen atoms in total. The molecule has 1 fully saturated rings. The first kappa shape index (κ1) is 21.6. The van der Waals surface area contributed by atoms with Crippen molar-refractivity contribution in [1.82, 2.24) is 14.5 Å². The van der Waals surface area contributed by atoms with Crippen LogP contribution in [0.25, 0.3) is 16.6 Å². The van der Waals surface area contributed by atoms with Crippen molar-refractivity contribution in [2.45, 2.75) is 24.5 Å². The zero-order valence-electron chi connectivity index (χ0n) is 17.3. The van der Waals surface area contributed by atoms with Crippen molar-refractivity contribution in [3.8, 4) is 5.69 Å². The third-order valence-corrected chi connectivity index (χ3v) is 8.25. The van der Waals surface area contributed by atoms with Gasteiger partial charge in [-0.1, -0.05) is 42.1 Å². The van der Waals surface area contributed by atoms with Gasteiger partial charge in [-0.2, -0.15) is 0 Å². The minimum Gasteiger partial charge on any atom is -0.341 e. The summed E-state index contributed by atoms with van der Waals surface area (Å²) in [5.74, 6) is -0.0152. The van der Waals surface area contributed by atoms with Gasteiger partial charge in [0, 0.05) is 13.1 Å². The Kier molecular flexibility index (Phi) is 5.90. The standard InChI is InChI=1S/C22H23N3O4S2/c1-15-7-3-6-10-19(15)25-21(27)17-8-4-5-9-18(17)23-22(25)30-13-20(26)24(2)16-11-12-31(28,29)14-16/h3-10,16H,11-14H2,1-2H3/t16-/m0/s1. The number of para-hydroxylation sites is 2. The van der Waals surface area contributed by atoms with E-state index in [1.807, 2.05) is 37.3 Å². The van der Waals surface area contributed by atoms with Gasteiger partial charge in [-0.15, -0.1) is 0 Å². The number of aromatic nitrogens is 2. The zero-order valence-corrected chi connectivity index (χ0v) is 18.9. The molecule has 1 saturated heterocycles. The smallest absolute Gasteiger partial charge is 0.266 e. The fraction of sp³-hybridized carbons (Fsp3) is 0.318.